The Morgan fingerprint density at radius 3 is 2.95 bits per heavy atom. The van der Waals surface area contributed by atoms with Crippen LogP contribution in [-0.4, -0.2) is 24.7 Å². The van der Waals surface area contributed by atoms with Crippen molar-refractivity contribution in [3.63, 3.8) is 0 Å². The maximum Gasteiger partial charge on any atom is 0.309 e. The molecule has 1 saturated carbocycles. The maximum absolute atomic E-state index is 12.1. The quantitative estimate of drug-likeness (QED) is 0.767. The average molecular weight is 317 g/mol. The first kappa shape index (κ1) is 15.0. The summed E-state index contributed by atoms with van der Waals surface area (Å²) in [5.74, 6) is 0.953. The number of ether oxygens (including phenoxy) is 2. The lowest BCUT2D eigenvalue weighted by Gasteiger charge is -2.08. The number of thiazole rings is 1. The van der Waals surface area contributed by atoms with E-state index in [9.17, 15) is 4.79 Å². The van der Waals surface area contributed by atoms with E-state index in [1.165, 1.54) is 4.88 Å². The number of carbonyl (C=O) groups excluding carboxylic acids is 1. The summed E-state index contributed by atoms with van der Waals surface area (Å²) >= 11 is 1.61. The van der Waals surface area contributed by atoms with Gasteiger partial charge in [0.15, 0.2) is 0 Å². The summed E-state index contributed by atoms with van der Waals surface area (Å²) in [5, 5.41) is 0. The molecule has 1 heterocycles. The molecule has 0 unspecified atom stereocenters. The van der Waals surface area contributed by atoms with Crippen LogP contribution in [0.25, 0.3) is 0 Å². The predicted octanol–water partition coefficient (Wildman–Crippen LogP) is 3.35. The van der Waals surface area contributed by atoms with Crippen molar-refractivity contribution >= 4 is 17.3 Å². The van der Waals surface area contributed by atoms with Gasteiger partial charge in [0.2, 0.25) is 0 Å². The smallest absolute Gasteiger partial charge is 0.309 e. The summed E-state index contributed by atoms with van der Waals surface area (Å²) in [6.07, 6.45) is 1.59. The first-order chi connectivity index (χ1) is 10.7. The molecule has 22 heavy (non-hydrogen) atoms. The Kier molecular flexibility index (Phi) is 4.43. The van der Waals surface area contributed by atoms with Crippen LogP contribution in [0.3, 0.4) is 0 Å². The number of hydrogen-bond donors (Lipinski definition) is 0. The van der Waals surface area contributed by atoms with E-state index in [0.717, 1.165) is 29.8 Å². The molecule has 4 nitrogen and oxygen atoms in total. The van der Waals surface area contributed by atoms with E-state index in [1.54, 1.807) is 18.4 Å². The highest BCUT2D eigenvalue weighted by Crippen LogP contribution is 2.50. The number of nitrogens with zero attached hydrogens (tertiary/aromatic N) is 1. The molecule has 2 atom stereocenters. The van der Waals surface area contributed by atoms with Crippen LogP contribution in [0.1, 0.15) is 28.5 Å². The number of hydrogen-bond acceptors (Lipinski definition) is 5. The molecule has 1 aromatic heterocycles. The van der Waals surface area contributed by atoms with Crippen LogP contribution < -0.4 is 4.74 Å². The topological polar surface area (TPSA) is 48.4 Å². The Morgan fingerprint density at radius 2 is 2.23 bits per heavy atom. The molecule has 1 aromatic carbocycles. The van der Waals surface area contributed by atoms with E-state index in [4.69, 9.17) is 9.47 Å². The highest BCUT2D eigenvalue weighted by atomic mass is 32.1. The summed E-state index contributed by atoms with van der Waals surface area (Å²) in [7, 11) is 1.66. The monoisotopic (exact) mass is 317 g/mol. The van der Waals surface area contributed by atoms with Crippen LogP contribution in [0.4, 0.5) is 0 Å². The largest absolute Gasteiger partial charge is 0.496 e. The van der Waals surface area contributed by atoms with Gasteiger partial charge >= 0.3 is 5.97 Å². The van der Waals surface area contributed by atoms with E-state index < -0.39 is 0 Å². The predicted molar refractivity (Wildman–Crippen MR) is 85.4 cm³/mol. The van der Waals surface area contributed by atoms with Gasteiger partial charge < -0.3 is 9.47 Å². The second kappa shape index (κ2) is 6.48. The Labute approximate surface area is 134 Å². The summed E-state index contributed by atoms with van der Waals surface area (Å²) in [6, 6.07) is 7.88. The number of carbonyl (C=O) groups is 1. The van der Waals surface area contributed by atoms with Gasteiger partial charge in [0.05, 0.1) is 30.8 Å². The zero-order valence-corrected chi connectivity index (χ0v) is 13.6. The number of methoxy groups -OCH3 is 1. The minimum atomic E-state index is -0.0990. The Balaban J connectivity index is 1.51. The van der Waals surface area contributed by atoms with Crippen molar-refractivity contribution < 1.29 is 14.3 Å². The van der Waals surface area contributed by atoms with Crippen LogP contribution in [-0.2, 0) is 16.0 Å². The van der Waals surface area contributed by atoms with Gasteiger partial charge in [-0.15, -0.1) is 11.3 Å². The lowest BCUT2D eigenvalue weighted by molar-refractivity contribution is -0.145. The van der Waals surface area contributed by atoms with Crippen molar-refractivity contribution in [2.24, 2.45) is 5.92 Å². The van der Waals surface area contributed by atoms with Crippen molar-refractivity contribution in [1.29, 1.82) is 0 Å². The highest BCUT2D eigenvalue weighted by Gasteiger charge is 2.46. The van der Waals surface area contributed by atoms with Crippen LogP contribution >= 0.6 is 11.3 Å². The van der Waals surface area contributed by atoms with Gasteiger partial charge in [0, 0.05) is 17.2 Å². The molecule has 0 saturated heterocycles. The highest BCUT2D eigenvalue weighted by molar-refractivity contribution is 7.09. The second-order valence-electron chi connectivity index (χ2n) is 5.47. The standard InChI is InChI=1S/C17H19NO3S/c1-11-16(22-10-18-11)7-8-21-17(19)14-9-13(14)12-5-3-4-6-15(12)20-2/h3-6,10,13-14H,7-9H2,1-2H3/t13-,14+/m1/s1. The molecule has 1 aliphatic carbocycles. The molecule has 0 spiro atoms. The summed E-state index contributed by atoms with van der Waals surface area (Å²) in [4.78, 5) is 17.5. The third kappa shape index (κ3) is 3.14. The second-order valence-corrected chi connectivity index (χ2v) is 6.41. The maximum atomic E-state index is 12.1. The Morgan fingerprint density at radius 1 is 1.41 bits per heavy atom. The molecular weight excluding hydrogens is 298 g/mol. The molecule has 3 rings (SSSR count). The van der Waals surface area contributed by atoms with Gasteiger partial charge in [-0.2, -0.15) is 0 Å². The van der Waals surface area contributed by atoms with Gasteiger partial charge in [-0.1, -0.05) is 18.2 Å². The van der Waals surface area contributed by atoms with Crippen LogP contribution in [0.2, 0.25) is 0 Å². The van der Waals surface area contributed by atoms with Crippen molar-refractivity contribution in [3.8, 4) is 5.75 Å². The number of benzene rings is 1. The van der Waals surface area contributed by atoms with Crippen molar-refractivity contribution in [2.45, 2.75) is 25.7 Å². The average Bonchev–Trinajstić information content (AvgIpc) is 3.24. The summed E-state index contributed by atoms with van der Waals surface area (Å²) < 4.78 is 10.8. The molecule has 0 radical (unpaired) electrons. The Hall–Kier alpha value is -1.88. The van der Waals surface area contributed by atoms with Crippen LogP contribution in [0, 0.1) is 12.8 Å². The van der Waals surface area contributed by atoms with Gasteiger partial charge in [-0.05, 0) is 25.0 Å². The van der Waals surface area contributed by atoms with Crippen molar-refractivity contribution in [1.82, 2.24) is 4.98 Å². The number of para-hydroxylation sites is 1. The molecule has 116 valence electrons. The normalized spacial score (nSPS) is 19.7. The Bertz CT molecular complexity index is 667. The molecule has 2 aromatic rings. The van der Waals surface area contributed by atoms with Crippen LogP contribution in [0.5, 0.6) is 5.75 Å². The first-order valence-electron chi connectivity index (χ1n) is 7.39. The van der Waals surface area contributed by atoms with Crippen LogP contribution in [0.15, 0.2) is 29.8 Å². The molecule has 1 aliphatic rings. The molecule has 1 fully saturated rings. The first-order valence-corrected chi connectivity index (χ1v) is 8.27. The van der Waals surface area contributed by atoms with Gasteiger partial charge in [0.1, 0.15) is 5.75 Å². The van der Waals surface area contributed by atoms with E-state index in [1.807, 2.05) is 36.7 Å². The van der Waals surface area contributed by atoms with Gasteiger partial charge in [0.25, 0.3) is 0 Å². The fraction of sp³-hybridized carbons (Fsp3) is 0.412. The number of aromatic nitrogens is 1. The number of aryl methyl sites for hydroxylation is 1. The molecule has 0 amide bonds. The van der Waals surface area contributed by atoms with E-state index in [-0.39, 0.29) is 17.8 Å². The lowest BCUT2D eigenvalue weighted by atomic mass is 10.1. The SMILES string of the molecule is COc1ccccc1[C@H]1C[C@@H]1C(=O)OCCc1scnc1C. The van der Waals surface area contributed by atoms with Gasteiger partial charge in [-0.3, -0.25) is 4.79 Å². The summed E-state index contributed by atoms with van der Waals surface area (Å²) in [6.45, 7) is 2.41. The fourth-order valence-electron chi connectivity index (χ4n) is 2.69. The zero-order valence-electron chi connectivity index (χ0n) is 12.7. The number of rotatable bonds is 6. The molecule has 0 bridgehead atoms. The zero-order chi connectivity index (χ0) is 15.5. The van der Waals surface area contributed by atoms with Crippen molar-refractivity contribution in [3.05, 3.63) is 45.9 Å². The fourth-order valence-corrected chi connectivity index (χ4v) is 3.45. The van der Waals surface area contributed by atoms with Crippen molar-refractivity contribution in [2.75, 3.05) is 13.7 Å². The minimum absolute atomic E-state index is 0.0288. The van der Waals surface area contributed by atoms with Gasteiger partial charge in [-0.25, -0.2) is 4.98 Å². The lowest BCUT2D eigenvalue weighted by Crippen LogP contribution is -2.10. The van der Waals surface area contributed by atoms with E-state index in [0.29, 0.717) is 6.61 Å². The third-order valence-electron chi connectivity index (χ3n) is 4.05. The van der Waals surface area contributed by atoms with E-state index >= 15 is 0 Å². The third-order valence-corrected chi connectivity index (χ3v) is 5.04. The molecular formula is C17H19NO3S. The molecule has 0 aliphatic heterocycles. The molecule has 5 heteroatoms. The summed E-state index contributed by atoms with van der Waals surface area (Å²) in [5.41, 5.74) is 3.95. The molecule has 0 N–H and O–H groups in total. The van der Waals surface area contributed by atoms with E-state index in [2.05, 4.69) is 4.98 Å². The minimum Gasteiger partial charge on any atom is -0.496 e. The number of esters is 1.